The van der Waals surface area contributed by atoms with Gasteiger partial charge in [-0.05, 0) is 11.1 Å². The Labute approximate surface area is 172 Å². The number of piperazine rings is 1. The van der Waals surface area contributed by atoms with Crippen LogP contribution in [0.3, 0.4) is 0 Å². The van der Waals surface area contributed by atoms with Gasteiger partial charge in [0.1, 0.15) is 0 Å². The van der Waals surface area contributed by atoms with Gasteiger partial charge >= 0.3 is 0 Å². The van der Waals surface area contributed by atoms with Crippen LogP contribution in [0.2, 0.25) is 0 Å². The van der Waals surface area contributed by atoms with Gasteiger partial charge in [-0.1, -0.05) is 60.7 Å². The molecule has 4 rings (SSSR count). The van der Waals surface area contributed by atoms with E-state index in [4.69, 9.17) is 0 Å². The molecule has 3 aromatic rings. The van der Waals surface area contributed by atoms with E-state index in [2.05, 4.69) is 63.0 Å². The maximum Gasteiger partial charge on any atom is 0.223 e. The van der Waals surface area contributed by atoms with Crippen molar-refractivity contribution in [1.82, 2.24) is 19.4 Å². The Hall–Kier alpha value is -2.92. The molecule has 0 N–H and O–H groups in total. The number of hydrogen-bond acceptors (Lipinski definition) is 3. The molecule has 1 aliphatic rings. The highest BCUT2D eigenvalue weighted by molar-refractivity contribution is 5.78. The van der Waals surface area contributed by atoms with Crippen molar-refractivity contribution in [2.45, 2.75) is 18.9 Å². The SMILES string of the molecule is O=C(CC(c1ccccc1)c1ccccc1)N1CCN(CCn2ccnc2)CC1. The molecule has 0 aliphatic carbocycles. The van der Waals surface area contributed by atoms with E-state index < -0.39 is 0 Å². The highest BCUT2D eigenvalue weighted by atomic mass is 16.2. The first-order chi connectivity index (χ1) is 14.3. The molecule has 5 nitrogen and oxygen atoms in total. The van der Waals surface area contributed by atoms with E-state index in [0.29, 0.717) is 6.42 Å². The second-order valence-corrected chi connectivity index (χ2v) is 7.60. The van der Waals surface area contributed by atoms with Gasteiger partial charge in [0.15, 0.2) is 0 Å². The molecule has 0 spiro atoms. The van der Waals surface area contributed by atoms with Crippen LogP contribution in [-0.4, -0.2) is 58.0 Å². The van der Waals surface area contributed by atoms with E-state index in [1.807, 2.05) is 35.8 Å². The van der Waals surface area contributed by atoms with Crippen molar-refractivity contribution in [2.75, 3.05) is 32.7 Å². The van der Waals surface area contributed by atoms with Gasteiger partial charge in [-0.25, -0.2) is 4.98 Å². The van der Waals surface area contributed by atoms with Crippen molar-refractivity contribution in [3.63, 3.8) is 0 Å². The van der Waals surface area contributed by atoms with Crippen LogP contribution in [0.5, 0.6) is 0 Å². The Kier molecular flexibility index (Phi) is 6.37. The number of rotatable bonds is 7. The van der Waals surface area contributed by atoms with Crippen molar-refractivity contribution < 1.29 is 4.79 Å². The molecule has 0 saturated carbocycles. The molecule has 29 heavy (non-hydrogen) atoms. The first kappa shape index (κ1) is 19.4. The van der Waals surface area contributed by atoms with Gasteiger partial charge in [0.25, 0.3) is 0 Å². The summed E-state index contributed by atoms with van der Waals surface area (Å²) in [6.07, 6.45) is 6.18. The molecule has 1 saturated heterocycles. The monoisotopic (exact) mass is 388 g/mol. The Morgan fingerprint density at radius 1 is 0.862 bits per heavy atom. The zero-order chi connectivity index (χ0) is 19.9. The van der Waals surface area contributed by atoms with Crippen LogP contribution in [0.25, 0.3) is 0 Å². The first-order valence-corrected chi connectivity index (χ1v) is 10.4. The Morgan fingerprint density at radius 3 is 2.03 bits per heavy atom. The van der Waals surface area contributed by atoms with Crippen LogP contribution in [0.1, 0.15) is 23.5 Å². The third-order valence-electron chi connectivity index (χ3n) is 5.74. The maximum atomic E-state index is 13.1. The summed E-state index contributed by atoms with van der Waals surface area (Å²) in [6, 6.07) is 20.7. The van der Waals surface area contributed by atoms with Gasteiger partial charge in [0, 0.05) is 64.0 Å². The molecule has 0 atom stereocenters. The number of hydrogen-bond donors (Lipinski definition) is 0. The zero-order valence-electron chi connectivity index (χ0n) is 16.7. The summed E-state index contributed by atoms with van der Waals surface area (Å²) in [5.41, 5.74) is 2.40. The number of imidazole rings is 1. The molecule has 1 fully saturated rings. The van der Waals surface area contributed by atoms with Crippen molar-refractivity contribution in [2.24, 2.45) is 0 Å². The molecular formula is C24H28N4O. The number of nitrogens with zero attached hydrogens (tertiary/aromatic N) is 4. The Balaban J connectivity index is 1.35. The maximum absolute atomic E-state index is 13.1. The van der Waals surface area contributed by atoms with Gasteiger partial charge in [0.05, 0.1) is 6.33 Å². The summed E-state index contributed by atoms with van der Waals surface area (Å²) in [6.45, 7) is 5.41. The van der Waals surface area contributed by atoms with Crippen molar-refractivity contribution in [3.05, 3.63) is 90.5 Å². The molecule has 1 aromatic heterocycles. The third kappa shape index (κ3) is 5.12. The van der Waals surface area contributed by atoms with Crippen molar-refractivity contribution in [3.8, 4) is 0 Å². The summed E-state index contributed by atoms with van der Waals surface area (Å²) in [5.74, 6) is 0.348. The number of carbonyl (C=O) groups is 1. The molecule has 5 heteroatoms. The van der Waals surface area contributed by atoms with Crippen LogP contribution in [0.15, 0.2) is 79.4 Å². The molecular weight excluding hydrogens is 360 g/mol. The van der Waals surface area contributed by atoms with E-state index in [9.17, 15) is 4.79 Å². The summed E-state index contributed by atoms with van der Waals surface area (Å²) >= 11 is 0. The average Bonchev–Trinajstić information content (AvgIpc) is 3.31. The van der Waals surface area contributed by atoms with Gasteiger partial charge in [-0.15, -0.1) is 0 Å². The third-order valence-corrected chi connectivity index (χ3v) is 5.74. The minimum atomic E-state index is 0.101. The van der Waals surface area contributed by atoms with Crippen LogP contribution >= 0.6 is 0 Å². The quantitative estimate of drug-likeness (QED) is 0.624. The molecule has 1 aliphatic heterocycles. The topological polar surface area (TPSA) is 41.4 Å². The van der Waals surface area contributed by atoms with E-state index in [0.717, 1.165) is 39.3 Å². The van der Waals surface area contributed by atoms with E-state index in [1.54, 1.807) is 0 Å². The fourth-order valence-corrected chi connectivity index (χ4v) is 4.00. The number of carbonyl (C=O) groups excluding carboxylic acids is 1. The van der Waals surface area contributed by atoms with Gasteiger partial charge in [-0.2, -0.15) is 0 Å². The fourth-order valence-electron chi connectivity index (χ4n) is 4.00. The second kappa shape index (κ2) is 9.52. The van der Waals surface area contributed by atoms with E-state index in [1.165, 1.54) is 11.1 Å². The molecule has 150 valence electrons. The number of benzene rings is 2. The Morgan fingerprint density at radius 2 is 1.48 bits per heavy atom. The minimum absolute atomic E-state index is 0.101. The molecule has 1 amide bonds. The van der Waals surface area contributed by atoms with Gasteiger partial charge in [0.2, 0.25) is 5.91 Å². The van der Waals surface area contributed by atoms with Crippen LogP contribution in [0.4, 0.5) is 0 Å². The molecule has 0 unspecified atom stereocenters. The van der Waals surface area contributed by atoms with Crippen LogP contribution < -0.4 is 0 Å². The minimum Gasteiger partial charge on any atom is -0.340 e. The lowest BCUT2D eigenvalue weighted by molar-refractivity contribution is -0.133. The average molecular weight is 389 g/mol. The molecule has 2 heterocycles. The first-order valence-electron chi connectivity index (χ1n) is 10.4. The lowest BCUT2D eigenvalue weighted by atomic mass is 9.88. The van der Waals surface area contributed by atoms with Crippen molar-refractivity contribution >= 4 is 5.91 Å². The molecule has 0 bridgehead atoms. The second-order valence-electron chi connectivity index (χ2n) is 7.60. The lowest BCUT2D eigenvalue weighted by Crippen LogP contribution is -2.49. The Bertz CT molecular complexity index is 832. The zero-order valence-corrected chi connectivity index (χ0v) is 16.7. The number of aromatic nitrogens is 2. The fraction of sp³-hybridized carbons (Fsp3) is 0.333. The summed E-state index contributed by atoms with van der Waals surface area (Å²) < 4.78 is 2.10. The predicted octanol–water partition coefficient (Wildman–Crippen LogP) is 3.25. The van der Waals surface area contributed by atoms with Gasteiger partial charge < -0.3 is 9.47 Å². The highest BCUT2D eigenvalue weighted by Gasteiger charge is 2.25. The van der Waals surface area contributed by atoms with E-state index >= 15 is 0 Å². The standard InChI is InChI=1S/C24H28N4O/c29-24(28-17-15-26(16-18-28)13-14-27-12-11-25-20-27)19-23(21-7-3-1-4-8-21)22-9-5-2-6-10-22/h1-12,20,23H,13-19H2. The van der Waals surface area contributed by atoms with E-state index in [-0.39, 0.29) is 11.8 Å². The van der Waals surface area contributed by atoms with Crippen LogP contribution in [-0.2, 0) is 11.3 Å². The molecule has 2 aromatic carbocycles. The smallest absolute Gasteiger partial charge is 0.223 e. The number of amides is 1. The molecule has 0 radical (unpaired) electrons. The largest absolute Gasteiger partial charge is 0.340 e. The summed E-state index contributed by atoms with van der Waals surface area (Å²) in [5, 5.41) is 0. The van der Waals surface area contributed by atoms with Gasteiger partial charge in [-0.3, -0.25) is 9.69 Å². The summed E-state index contributed by atoms with van der Waals surface area (Å²) in [4.78, 5) is 21.7. The predicted molar refractivity (Wildman–Crippen MR) is 115 cm³/mol. The summed E-state index contributed by atoms with van der Waals surface area (Å²) in [7, 11) is 0. The van der Waals surface area contributed by atoms with Crippen LogP contribution in [0, 0.1) is 0 Å². The highest BCUT2D eigenvalue weighted by Crippen LogP contribution is 2.28. The normalized spacial score (nSPS) is 15.0. The van der Waals surface area contributed by atoms with Crippen molar-refractivity contribution in [1.29, 1.82) is 0 Å². The lowest BCUT2D eigenvalue weighted by Gasteiger charge is -2.35.